The largest absolute Gasteiger partial charge is 0.465 e. The van der Waals surface area contributed by atoms with Gasteiger partial charge in [-0.25, -0.2) is 13.6 Å². The number of hydrogen-bond acceptors (Lipinski definition) is 2. The third kappa shape index (κ3) is 2.71. The monoisotopic (exact) mass is 296 g/mol. The summed E-state index contributed by atoms with van der Waals surface area (Å²) in [5, 5.41) is 8.96. The quantitative estimate of drug-likeness (QED) is 0.906. The van der Waals surface area contributed by atoms with Crippen LogP contribution in [0.2, 0.25) is 0 Å². The van der Waals surface area contributed by atoms with E-state index < -0.39 is 12.5 Å². The number of alkyl halides is 2. The van der Waals surface area contributed by atoms with Gasteiger partial charge < -0.3 is 10.0 Å². The van der Waals surface area contributed by atoms with Crippen molar-refractivity contribution in [2.45, 2.75) is 38.0 Å². The Morgan fingerprint density at radius 2 is 2.00 bits per heavy atom. The van der Waals surface area contributed by atoms with Gasteiger partial charge in [-0.1, -0.05) is 6.07 Å². The van der Waals surface area contributed by atoms with Gasteiger partial charge in [0.25, 0.3) is 6.43 Å². The van der Waals surface area contributed by atoms with Crippen LogP contribution in [0.5, 0.6) is 0 Å². The van der Waals surface area contributed by atoms with E-state index in [0.29, 0.717) is 19.0 Å². The average molecular weight is 296 g/mol. The molecule has 3 rings (SSSR count). The molecule has 1 N–H and O–H groups in total. The number of rotatable bonds is 2. The number of carboxylic acid groups (broad SMARTS) is 1. The second-order valence-corrected chi connectivity index (χ2v) is 6.19. The molecular formula is C15H18F2N2O2. The summed E-state index contributed by atoms with van der Waals surface area (Å²) in [5.41, 5.74) is 1.09. The van der Waals surface area contributed by atoms with Crippen molar-refractivity contribution in [3.05, 3.63) is 29.6 Å². The van der Waals surface area contributed by atoms with Crippen molar-refractivity contribution in [3.8, 4) is 0 Å². The van der Waals surface area contributed by atoms with Crippen LogP contribution in [0.1, 0.15) is 49.3 Å². The minimum atomic E-state index is -2.52. The maximum Gasteiger partial charge on any atom is 0.407 e. The molecule has 1 aliphatic heterocycles. The molecule has 1 aromatic heterocycles. The van der Waals surface area contributed by atoms with Crippen LogP contribution in [-0.4, -0.2) is 34.2 Å². The van der Waals surface area contributed by atoms with Crippen molar-refractivity contribution in [2.24, 2.45) is 5.41 Å². The minimum Gasteiger partial charge on any atom is -0.465 e. The molecule has 1 aliphatic carbocycles. The summed E-state index contributed by atoms with van der Waals surface area (Å²) < 4.78 is 24.9. The number of nitrogens with zero attached hydrogens (tertiary/aromatic N) is 2. The predicted octanol–water partition coefficient (Wildman–Crippen LogP) is 3.66. The summed E-state index contributed by atoms with van der Waals surface area (Å²) in [7, 11) is 0. The second kappa shape index (κ2) is 5.24. The summed E-state index contributed by atoms with van der Waals surface area (Å²) in [6.45, 7) is 1.20. The molecule has 114 valence electrons. The van der Waals surface area contributed by atoms with Gasteiger partial charge in [0.1, 0.15) is 5.69 Å². The molecule has 0 radical (unpaired) electrons. The van der Waals surface area contributed by atoms with Gasteiger partial charge in [-0.05, 0) is 48.6 Å². The molecule has 21 heavy (non-hydrogen) atoms. The number of amides is 1. The molecule has 1 aromatic rings. The maximum atomic E-state index is 12.5. The predicted molar refractivity (Wildman–Crippen MR) is 72.4 cm³/mol. The van der Waals surface area contributed by atoms with Gasteiger partial charge in [-0.15, -0.1) is 0 Å². The molecule has 6 heteroatoms. The van der Waals surface area contributed by atoms with E-state index in [1.165, 1.54) is 11.0 Å². The lowest BCUT2D eigenvalue weighted by Gasteiger charge is -2.52. The van der Waals surface area contributed by atoms with E-state index in [-0.39, 0.29) is 11.1 Å². The van der Waals surface area contributed by atoms with Gasteiger partial charge in [0, 0.05) is 19.3 Å². The van der Waals surface area contributed by atoms with Gasteiger partial charge in [-0.3, -0.25) is 4.98 Å². The molecule has 1 saturated carbocycles. The molecular weight excluding hydrogens is 278 g/mol. The first-order valence-corrected chi connectivity index (χ1v) is 7.21. The Labute approximate surface area is 121 Å². The third-order valence-corrected chi connectivity index (χ3v) is 4.96. The van der Waals surface area contributed by atoms with E-state index in [2.05, 4.69) is 4.98 Å². The fourth-order valence-corrected chi connectivity index (χ4v) is 3.59. The number of aromatic nitrogens is 1. The van der Waals surface area contributed by atoms with Crippen molar-refractivity contribution >= 4 is 6.09 Å². The lowest BCUT2D eigenvalue weighted by Crippen LogP contribution is -2.47. The van der Waals surface area contributed by atoms with Gasteiger partial charge in [0.15, 0.2) is 0 Å². The van der Waals surface area contributed by atoms with Gasteiger partial charge in [-0.2, -0.15) is 0 Å². The van der Waals surface area contributed by atoms with Gasteiger partial charge in [0.05, 0.1) is 0 Å². The Bertz CT molecular complexity index is 517. The van der Waals surface area contributed by atoms with Crippen LogP contribution in [0.3, 0.4) is 0 Å². The van der Waals surface area contributed by atoms with E-state index in [1.54, 1.807) is 12.3 Å². The molecule has 2 fully saturated rings. The number of pyridine rings is 1. The highest BCUT2D eigenvalue weighted by Gasteiger charge is 2.46. The Balaban J connectivity index is 1.57. The first-order chi connectivity index (χ1) is 9.99. The molecule has 4 nitrogen and oxygen atoms in total. The Morgan fingerprint density at radius 1 is 1.33 bits per heavy atom. The molecule has 2 heterocycles. The molecule has 1 spiro atoms. The van der Waals surface area contributed by atoms with Crippen molar-refractivity contribution in [1.82, 2.24) is 9.88 Å². The highest BCUT2D eigenvalue weighted by atomic mass is 19.3. The SMILES string of the molecule is O=C(O)N1CCC2(CC1)CC(c1ccc(C(F)F)nc1)C2. The fraction of sp³-hybridized carbons (Fsp3) is 0.600. The van der Waals surface area contributed by atoms with E-state index >= 15 is 0 Å². The standard InChI is InChI=1S/C15H18F2N2O2/c16-13(17)12-2-1-10(9-18-12)11-7-15(8-11)3-5-19(6-4-15)14(20)21/h1-2,9,11,13H,3-8H2,(H,20,21). The molecule has 0 unspecified atom stereocenters. The van der Waals surface area contributed by atoms with Crippen LogP contribution in [0, 0.1) is 5.41 Å². The number of halogens is 2. The molecule has 0 aromatic carbocycles. The summed E-state index contributed by atoms with van der Waals surface area (Å²) in [4.78, 5) is 16.2. The van der Waals surface area contributed by atoms with Crippen molar-refractivity contribution in [1.29, 1.82) is 0 Å². The van der Waals surface area contributed by atoms with E-state index in [4.69, 9.17) is 5.11 Å². The fourth-order valence-electron chi connectivity index (χ4n) is 3.59. The number of hydrogen-bond donors (Lipinski definition) is 1. The second-order valence-electron chi connectivity index (χ2n) is 6.19. The highest BCUT2D eigenvalue weighted by molar-refractivity contribution is 5.65. The van der Waals surface area contributed by atoms with Gasteiger partial charge in [0.2, 0.25) is 0 Å². The molecule has 0 bridgehead atoms. The normalized spacial score (nSPS) is 21.6. The summed E-state index contributed by atoms with van der Waals surface area (Å²) in [6.07, 6.45) is 2.02. The number of piperidine rings is 1. The minimum absolute atomic E-state index is 0.178. The van der Waals surface area contributed by atoms with Crippen LogP contribution < -0.4 is 0 Å². The number of carbonyl (C=O) groups is 1. The van der Waals surface area contributed by atoms with Crippen LogP contribution >= 0.6 is 0 Å². The zero-order valence-electron chi connectivity index (χ0n) is 11.6. The topological polar surface area (TPSA) is 53.4 Å². The third-order valence-electron chi connectivity index (χ3n) is 4.96. The lowest BCUT2D eigenvalue weighted by atomic mass is 9.56. The summed E-state index contributed by atoms with van der Waals surface area (Å²) >= 11 is 0. The van der Waals surface area contributed by atoms with E-state index in [1.807, 2.05) is 0 Å². The number of likely N-dealkylation sites (tertiary alicyclic amines) is 1. The Hall–Kier alpha value is -1.72. The molecule has 0 atom stereocenters. The first-order valence-electron chi connectivity index (χ1n) is 7.21. The van der Waals surface area contributed by atoms with E-state index in [0.717, 1.165) is 31.2 Å². The van der Waals surface area contributed by atoms with E-state index in [9.17, 15) is 13.6 Å². The average Bonchev–Trinajstić information content (AvgIpc) is 2.45. The van der Waals surface area contributed by atoms with Crippen molar-refractivity contribution in [2.75, 3.05) is 13.1 Å². The highest BCUT2D eigenvalue weighted by Crippen LogP contribution is 2.56. The summed E-state index contributed by atoms with van der Waals surface area (Å²) in [5.74, 6) is 0.376. The van der Waals surface area contributed by atoms with Crippen molar-refractivity contribution in [3.63, 3.8) is 0 Å². The molecule has 2 aliphatic rings. The maximum absolute atomic E-state index is 12.5. The van der Waals surface area contributed by atoms with Crippen LogP contribution in [0.25, 0.3) is 0 Å². The van der Waals surface area contributed by atoms with Crippen LogP contribution in [-0.2, 0) is 0 Å². The van der Waals surface area contributed by atoms with Crippen molar-refractivity contribution < 1.29 is 18.7 Å². The Kier molecular flexibility index (Phi) is 3.55. The zero-order valence-corrected chi connectivity index (χ0v) is 11.6. The molecule has 1 saturated heterocycles. The first kappa shape index (κ1) is 14.2. The zero-order chi connectivity index (χ0) is 15.0. The smallest absolute Gasteiger partial charge is 0.407 e. The van der Waals surface area contributed by atoms with Crippen LogP contribution in [0.4, 0.5) is 13.6 Å². The summed E-state index contributed by atoms with van der Waals surface area (Å²) in [6, 6.07) is 3.15. The molecule has 1 amide bonds. The lowest BCUT2D eigenvalue weighted by molar-refractivity contribution is 0.0188. The van der Waals surface area contributed by atoms with Crippen LogP contribution in [0.15, 0.2) is 18.3 Å². The van der Waals surface area contributed by atoms with Gasteiger partial charge >= 0.3 is 6.09 Å². The Morgan fingerprint density at radius 3 is 2.48 bits per heavy atom.